The van der Waals surface area contributed by atoms with Gasteiger partial charge in [0.1, 0.15) is 23.2 Å². The number of nitrogens with zero attached hydrogens (tertiary/aromatic N) is 1. The molecule has 0 aliphatic carbocycles. The van der Waals surface area contributed by atoms with Crippen LogP contribution in [0.25, 0.3) is 11.0 Å². The van der Waals surface area contributed by atoms with Crippen LogP contribution in [0.1, 0.15) is 17.5 Å². The second kappa shape index (κ2) is 3.94. The summed E-state index contributed by atoms with van der Waals surface area (Å²) in [7, 11) is 0. The monoisotopic (exact) mass is 248 g/mol. The van der Waals surface area contributed by atoms with Crippen LogP contribution < -0.4 is 5.73 Å². The molecule has 5 heteroatoms. The van der Waals surface area contributed by atoms with Crippen molar-refractivity contribution in [3.63, 3.8) is 0 Å². The normalized spacial score (nSPS) is 13.1. The van der Waals surface area contributed by atoms with Gasteiger partial charge in [0.05, 0.1) is 11.2 Å². The van der Waals surface area contributed by atoms with Gasteiger partial charge in [-0.25, -0.2) is 9.37 Å². The molecule has 0 bridgehead atoms. The Morgan fingerprint density at radius 1 is 1.35 bits per heavy atom. The van der Waals surface area contributed by atoms with E-state index in [0.717, 1.165) is 5.69 Å². The first-order chi connectivity index (χ1) is 8.24. The van der Waals surface area contributed by atoms with Gasteiger partial charge in [0.15, 0.2) is 0 Å². The second-order valence-electron chi connectivity index (χ2n) is 3.72. The van der Waals surface area contributed by atoms with Crippen molar-refractivity contribution < 1.29 is 8.81 Å². The van der Waals surface area contributed by atoms with E-state index in [-0.39, 0.29) is 5.82 Å². The van der Waals surface area contributed by atoms with E-state index in [1.807, 2.05) is 5.38 Å². The van der Waals surface area contributed by atoms with Crippen LogP contribution in [0.3, 0.4) is 0 Å². The van der Waals surface area contributed by atoms with Crippen molar-refractivity contribution in [1.82, 2.24) is 4.98 Å². The van der Waals surface area contributed by atoms with Gasteiger partial charge in [0.2, 0.25) is 0 Å². The van der Waals surface area contributed by atoms with E-state index >= 15 is 0 Å². The van der Waals surface area contributed by atoms with Gasteiger partial charge >= 0.3 is 0 Å². The van der Waals surface area contributed by atoms with E-state index in [2.05, 4.69) is 4.98 Å². The van der Waals surface area contributed by atoms with Crippen molar-refractivity contribution in [3.05, 3.63) is 52.4 Å². The highest BCUT2D eigenvalue weighted by Crippen LogP contribution is 2.26. The van der Waals surface area contributed by atoms with Crippen molar-refractivity contribution in [2.45, 2.75) is 6.04 Å². The van der Waals surface area contributed by atoms with Crippen molar-refractivity contribution in [2.75, 3.05) is 0 Å². The quantitative estimate of drug-likeness (QED) is 0.758. The zero-order valence-corrected chi connectivity index (χ0v) is 9.58. The Balaban J connectivity index is 2.06. The fraction of sp³-hybridized carbons (Fsp3) is 0.0833. The molecule has 3 aromatic rings. The Kier molecular flexibility index (Phi) is 2.42. The van der Waals surface area contributed by atoms with Crippen LogP contribution in [0.2, 0.25) is 0 Å². The zero-order valence-electron chi connectivity index (χ0n) is 8.76. The molecule has 3 rings (SSSR count). The van der Waals surface area contributed by atoms with Crippen LogP contribution >= 0.6 is 11.3 Å². The Labute approximate surface area is 101 Å². The average molecular weight is 248 g/mol. The standard InChI is InChI=1S/C12H9FN2OS/c13-8-1-2-10-7(3-8)4-11(16-10)12(14)9-5-17-6-15-9/h1-6,12H,14H2. The van der Waals surface area contributed by atoms with Gasteiger partial charge in [-0.2, -0.15) is 0 Å². The predicted molar refractivity (Wildman–Crippen MR) is 64.3 cm³/mol. The highest BCUT2D eigenvalue weighted by Gasteiger charge is 2.15. The molecular formula is C12H9FN2OS. The summed E-state index contributed by atoms with van der Waals surface area (Å²) in [5.41, 5.74) is 9.13. The second-order valence-corrected chi connectivity index (χ2v) is 4.44. The Bertz CT molecular complexity index is 648. The number of hydrogen-bond donors (Lipinski definition) is 1. The first-order valence-electron chi connectivity index (χ1n) is 5.07. The molecule has 1 atom stereocenters. The fourth-order valence-corrected chi connectivity index (χ4v) is 2.30. The Morgan fingerprint density at radius 2 is 2.24 bits per heavy atom. The summed E-state index contributed by atoms with van der Waals surface area (Å²) in [6, 6.07) is 5.74. The largest absolute Gasteiger partial charge is 0.459 e. The molecule has 0 aliphatic heterocycles. The maximum Gasteiger partial charge on any atom is 0.134 e. The van der Waals surface area contributed by atoms with Gasteiger partial charge in [-0.1, -0.05) is 0 Å². The number of thiazole rings is 1. The van der Waals surface area contributed by atoms with Crippen LogP contribution in [0.15, 0.2) is 39.6 Å². The molecule has 17 heavy (non-hydrogen) atoms. The fourth-order valence-electron chi connectivity index (χ4n) is 1.71. The van der Waals surface area contributed by atoms with Crippen LogP contribution in [0, 0.1) is 5.82 Å². The van der Waals surface area contributed by atoms with E-state index < -0.39 is 6.04 Å². The molecule has 2 heterocycles. The number of fused-ring (bicyclic) bond motifs is 1. The van der Waals surface area contributed by atoms with Gasteiger partial charge in [-0.15, -0.1) is 11.3 Å². The highest BCUT2D eigenvalue weighted by atomic mass is 32.1. The summed E-state index contributed by atoms with van der Waals surface area (Å²) < 4.78 is 18.6. The molecule has 2 aromatic heterocycles. The summed E-state index contributed by atoms with van der Waals surface area (Å²) in [6.45, 7) is 0. The maximum absolute atomic E-state index is 13.0. The molecule has 0 aliphatic rings. The summed E-state index contributed by atoms with van der Waals surface area (Å²) in [5, 5.41) is 2.59. The molecule has 3 nitrogen and oxygen atoms in total. The predicted octanol–water partition coefficient (Wildman–Crippen LogP) is 3.08. The van der Waals surface area contributed by atoms with Crippen molar-refractivity contribution >= 4 is 22.3 Å². The van der Waals surface area contributed by atoms with Crippen LogP contribution in [-0.2, 0) is 0 Å². The lowest BCUT2D eigenvalue weighted by Crippen LogP contribution is -2.10. The van der Waals surface area contributed by atoms with Gasteiger partial charge in [0.25, 0.3) is 0 Å². The van der Waals surface area contributed by atoms with Crippen molar-refractivity contribution in [1.29, 1.82) is 0 Å². The van der Waals surface area contributed by atoms with E-state index in [1.165, 1.54) is 23.5 Å². The van der Waals surface area contributed by atoms with Gasteiger partial charge in [0, 0.05) is 10.8 Å². The van der Waals surface area contributed by atoms with Gasteiger partial charge in [-0.05, 0) is 24.3 Å². The molecule has 0 radical (unpaired) electrons. The molecule has 0 amide bonds. The minimum absolute atomic E-state index is 0.285. The van der Waals surface area contributed by atoms with Crippen molar-refractivity contribution in [3.8, 4) is 0 Å². The number of halogens is 1. The third-order valence-corrected chi connectivity index (χ3v) is 3.18. The van der Waals surface area contributed by atoms with Gasteiger partial charge < -0.3 is 10.2 Å². The zero-order chi connectivity index (χ0) is 11.8. The van der Waals surface area contributed by atoms with Crippen LogP contribution in [-0.4, -0.2) is 4.98 Å². The summed E-state index contributed by atoms with van der Waals surface area (Å²) in [5.74, 6) is 0.309. The van der Waals surface area contributed by atoms with E-state index in [9.17, 15) is 4.39 Å². The first-order valence-corrected chi connectivity index (χ1v) is 6.01. The highest BCUT2D eigenvalue weighted by molar-refractivity contribution is 7.07. The molecule has 0 saturated carbocycles. The third kappa shape index (κ3) is 1.83. The Hall–Kier alpha value is -1.72. The lowest BCUT2D eigenvalue weighted by molar-refractivity contribution is 0.521. The molecule has 86 valence electrons. The maximum atomic E-state index is 13.0. The van der Waals surface area contributed by atoms with Gasteiger partial charge in [-0.3, -0.25) is 0 Å². The number of hydrogen-bond acceptors (Lipinski definition) is 4. The topological polar surface area (TPSA) is 52.0 Å². The Morgan fingerprint density at radius 3 is 3.00 bits per heavy atom. The summed E-state index contributed by atoms with van der Waals surface area (Å²) in [6.07, 6.45) is 0. The smallest absolute Gasteiger partial charge is 0.134 e. The minimum Gasteiger partial charge on any atom is -0.459 e. The van der Waals surface area contributed by atoms with E-state index in [0.29, 0.717) is 16.7 Å². The number of nitrogens with two attached hydrogens (primary N) is 1. The third-order valence-electron chi connectivity index (χ3n) is 2.57. The molecule has 0 saturated heterocycles. The minimum atomic E-state index is -0.406. The molecule has 0 spiro atoms. The lowest BCUT2D eigenvalue weighted by Gasteiger charge is -2.03. The number of benzene rings is 1. The number of rotatable bonds is 2. The molecule has 0 fully saturated rings. The van der Waals surface area contributed by atoms with E-state index in [4.69, 9.17) is 10.2 Å². The first kappa shape index (κ1) is 10.4. The summed E-state index contributed by atoms with van der Waals surface area (Å²) >= 11 is 1.48. The summed E-state index contributed by atoms with van der Waals surface area (Å²) in [4.78, 5) is 4.14. The molecule has 1 unspecified atom stereocenters. The van der Waals surface area contributed by atoms with Crippen LogP contribution in [0.4, 0.5) is 4.39 Å². The lowest BCUT2D eigenvalue weighted by atomic mass is 10.1. The molecule has 1 aromatic carbocycles. The SMILES string of the molecule is NC(c1cscn1)c1cc2cc(F)ccc2o1. The average Bonchev–Trinajstić information content (AvgIpc) is 2.96. The molecular weight excluding hydrogens is 239 g/mol. The van der Waals surface area contributed by atoms with Crippen LogP contribution in [0.5, 0.6) is 0 Å². The van der Waals surface area contributed by atoms with E-state index in [1.54, 1.807) is 17.6 Å². The number of aromatic nitrogens is 1. The van der Waals surface area contributed by atoms with Crippen molar-refractivity contribution in [2.24, 2.45) is 5.73 Å². The number of furan rings is 1. The molecule has 2 N–H and O–H groups in total.